The van der Waals surface area contributed by atoms with E-state index in [9.17, 15) is 18.0 Å². The Bertz CT molecular complexity index is 1000. The number of halogens is 3. The van der Waals surface area contributed by atoms with Crippen LogP contribution in [0.2, 0.25) is 0 Å². The number of furan rings is 1. The second kappa shape index (κ2) is 6.65. The fourth-order valence-corrected chi connectivity index (χ4v) is 3.79. The second-order valence-electron chi connectivity index (χ2n) is 7.14. The lowest BCUT2D eigenvalue weighted by atomic mass is 9.97. The summed E-state index contributed by atoms with van der Waals surface area (Å²) in [6, 6.07) is 5.29. The third-order valence-electron chi connectivity index (χ3n) is 5.14. The van der Waals surface area contributed by atoms with Crippen LogP contribution in [-0.4, -0.2) is 37.5 Å². The van der Waals surface area contributed by atoms with Crippen LogP contribution >= 0.6 is 0 Å². The molecule has 0 N–H and O–H groups in total. The molecule has 4 rings (SSSR count). The topological polar surface area (TPSA) is 63.6 Å². The van der Waals surface area contributed by atoms with Crippen molar-refractivity contribution in [3.63, 3.8) is 0 Å². The molecule has 3 aromatic heterocycles. The molecule has 0 saturated carbocycles. The molecule has 0 unspecified atom stereocenters. The van der Waals surface area contributed by atoms with Crippen LogP contribution in [0.25, 0.3) is 17.1 Å². The number of carbonyl (C=O) groups is 1. The molecule has 9 heteroatoms. The summed E-state index contributed by atoms with van der Waals surface area (Å²) in [5, 5.41) is 3.96. The maximum atomic E-state index is 13.6. The Morgan fingerprint density at radius 2 is 1.93 bits per heavy atom. The van der Waals surface area contributed by atoms with Gasteiger partial charge in [0.15, 0.2) is 22.8 Å². The lowest BCUT2D eigenvalue weighted by Gasteiger charge is -2.38. The summed E-state index contributed by atoms with van der Waals surface area (Å²) in [5.74, 6) is -0.168. The summed E-state index contributed by atoms with van der Waals surface area (Å²) in [6.07, 6.45) is -0.570. The van der Waals surface area contributed by atoms with Crippen LogP contribution in [-0.2, 0) is 6.18 Å². The van der Waals surface area contributed by atoms with Gasteiger partial charge in [0.05, 0.1) is 6.26 Å². The van der Waals surface area contributed by atoms with Crippen LogP contribution in [0.15, 0.2) is 34.9 Å². The first-order valence-electron chi connectivity index (χ1n) is 9.10. The van der Waals surface area contributed by atoms with Gasteiger partial charge in [-0.2, -0.15) is 18.3 Å². The fourth-order valence-electron chi connectivity index (χ4n) is 3.79. The number of rotatable bonds is 2. The average molecular weight is 392 g/mol. The molecular weight excluding hydrogens is 373 g/mol. The zero-order chi connectivity index (χ0) is 20.1. The van der Waals surface area contributed by atoms with Gasteiger partial charge >= 0.3 is 6.18 Å². The van der Waals surface area contributed by atoms with Crippen LogP contribution < -0.4 is 0 Å². The van der Waals surface area contributed by atoms with Gasteiger partial charge in [0.2, 0.25) is 0 Å². The smallest absolute Gasteiger partial charge is 0.433 e. The molecule has 4 heterocycles. The SMILES string of the molecule is C[C@@H]1CCC[C@H](C)N1C(=O)c1cc2nc(-c3ccco3)cc(C(F)(F)F)n2n1. The van der Waals surface area contributed by atoms with Gasteiger partial charge in [-0.15, -0.1) is 0 Å². The number of hydrogen-bond donors (Lipinski definition) is 0. The molecule has 1 saturated heterocycles. The Hall–Kier alpha value is -2.84. The van der Waals surface area contributed by atoms with E-state index in [1.54, 1.807) is 11.0 Å². The van der Waals surface area contributed by atoms with Gasteiger partial charge in [-0.1, -0.05) is 0 Å². The second-order valence-corrected chi connectivity index (χ2v) is 7.14. The van der Waals surface area contributed by atoms with E-state index in [1.165, 1.54) is 18.4 Å². The molecule has 1 aliphatic rings. The van der Waals surface area contributed by atoms with Crippen molar-refractivity contribution < 1.29 is 22.4 Å². The monoisotopic (exact) mass is 392 g/mol. The molecule has 0 aromatic carbocycles. The maximum Gasteiger partial charge on any atom is 0.433 e. The Balaban J connectivity index is 1.83. The van der Waals surface area contributed by atoms with Crippen molar-refractivity contribution >= 4 is 11.6 Å². The third kappa shape index (κ3) is 3.14. The Kier molecular flexibility index (Phi) is 4.40. The van der Waals surface area contributed by atoms with Gasteiger partial charge in [-0.3, -0.25) is 4.79 Å². The molecule has 148 valence electrons. The van der Waals surface area contributed by atoms with Crippen molar-refractivity contribution in [3.05, 3.63) is 41.9 Å². The Morgan fingerprint density at radius 1 is 1.21 bits per heavy atom. The predicted octanol–water partition coefficient (Wildman–Crippen LogP) is 4.41. The van der Waals surface area contributed by atoms with E-state index < -0.39 is 11.9 Å². The minimum absolute atomic E-state index is 0.00906. The highest BCUT2D eigenvalue weighted by atomic mass is 19.4. The van der Waals surface area contributed by atoms with Crippen molar-refractivity contribution in [1.29, 1.82) is 0 Å². The van der Waals surface area contributed by atoms with E-state index in [4.69, 9.17) is 4.42 Å². The molecule has 3 aromatic rings. The van der Waals surface area contributed by atoms with E-state index in [2.05, 4.69) is 10.1 Å². The summed E-state index contributed by atoms with van der Waals surface area (Å²) in [5.41, 5.74) is -1.08. The Morgan fingerprint density at radius 3 is 2.54 bits per heavy atom. The zero-order valence-electron chi connectivity index (χ0n) is 15.4. The number of aromatic nitrogens is 3. The summed E-state index contributed by atoms with van der Waals surface area (Å²) < 4.78 is 46.7. The number of piperidine rings is 1. The van der Waals surface area contributed by atoms with Crippen LogP contribution in [0.1, 0.15) is 49.3 Å². The van der Waals surface area contributed by atoms with Gasteiger partial charge in [0.25, 0.3) is 5.91 Å². The molecule has 1 aliphatic heterocycles. The first-order valence-corrected chi connectivity index (χ1v) is 9.10. The molecule has 0 spiro atoms. The highest BCUT2D eigenvalue weighted by Gasteiger charge is 2.37. The number of fused-ring (bicyclic) bond motifs is 1. The molecule has 2 atom stereocenters. The lowest BCUT2D eigenvalue weighted by Crippen LogP contribution is -2.47. The third-order valence-corrected chi connectivity index (χ3v) is 5.14. The van der Waals surface area contributed by atoms with E-state index in [-0.39, 0.29) is 40.8 Å². The van der Waals surface area contributed by atoms with E-state index in [0.29, 0.717) is 4.52 Å². The van der Waals surface area contributed by atoms with E-state index in [0.717, 1.165) is 25.3 Å². The molecule has 6 nitrogen and oxygen atoms in total. The van der Waals surface area contributed by atoms with Crippen molar-refractivity contribution in [2.45, 2.75) is 51.4 Å². The van der Waals surface area contributed by atoms with Crippen LogP contribution in [0.4, 0.5) is 13.2 Å². The number of alkyl halides is 3. The van der Waals surface area contributed by atoms with Crippen LogP contribution in [0, 0.1) is 0 Å². The number of amides is 1. The van der Waals surface area contributed by atoms with E-state index in [1.807, 2.05) is 13.8 Å². The highest BCUT2D eigenvalue weighted by molar-refractivity contribution is 5.94. The van der Waals surface area contributed by atoms with Crippen LogP contribution in [0.3, 0.4) is 0 Å². The first-order chi connectivity index (χ1) is 13.3. The van der Waals surface area contributed by atoms with Gasteiger partial charge < -0.3 is 9.32 Å². The van der Waals surface area contributed by atoms with Crippen molar-refractivity contribution in [1.82, 2.24) is 19.5 Å². The highest BCUT2D eigenvalue weighted by Crippen LogP contribution is 2.33. The van der Waals surface area contributed by atoms with Gasteiger partial charge in [0.1, 0.15) is 5.69 Å². The summed E-state index contributed by atoms with van der Waals surface area (Å²) >= 11 is 0. The number of nitrogens with zero attached hydrogens (tertiary/aromatic N) is 4. The summed E-state index contributed by atoms with van der Waals surface area (Å²) in [7, 11) is 0. The van der Waals surface area contributed by atoms with Crippen molar-refractivity contribution in [3.8, 4) is 11.5 Å². The largest absolute Gasteiger partial charge is 0.463 e. The van der Waals surface area contributed by atoms with Crippen molar-refractivity contribution in [2.24, 2.45) is 0 Å². The lowest BCUT2D eigenvalue weighted by molar-refractivity contribution is -0.142. The van der Waals surface area contributed by atoms with Gasteiger partial charge in [-0.25, -0.2) is 9.50 Å². The minimum Gasteiger partial charge on any atom is -0.463 e. The zero-order valence-corrected chi connectivity index (χ0v) is 15.4. The molecular formula is C19H19F3N4O2. The molecule has 0 bridgehead atoms. The number of likely N-dealkylation sites (tertiary alicyclic amines) is 1. The maximum absolute atomic E-state index is 13.6. The Labute approximate surface area is 159 Å². The molecule has 28 heavy (non-hydrogen) atoms. The number of carbonyl (C=O) groups excluding carboxylic acids is 1. The summed E-state index contributed by atoms with van der Waals surface area (Å²) in [4.78, 5) is 18.9. The normalized spacial score (nSPS) is 20.7. The standard InChI is InChI=1S/C19H19F3N4O2/c1-11-5-3-6-12(2)25(11)18(27)14-10-17-23-13(15-7-4-8-28-15)9-16(19(20,21)22)26(17)24-14/h4,7-12H,3,5-6H2,1-2H3/t11-,12+. The van der Waals surface area contributed by atoms with Crippen molar-refractivity contribution in [2.75, 3.05) is 0 Å². The molecule has 0 aliphatic carbocycles. The minimum atomic E-state index is -4.67. The first kappa shape index (κ1) is 18.5. The van der Waals surface area contributed by atoms with Crippen LogP contribution in [0.5, 0.6) is 0 Å². The molecule has 1 amide bonds. The molecule has 1 fully saturated rings. The fraction of sp³-hybridized carbons (Fsp3) is 0.421. The van der Waals surface area contributed by atoms with E-state index >= 15 is 0 Å². The average Bonchev–Trinajstić information content (AvgIpc) is 3.29. The van der Waals surface area contributed by atoms with Gasteiger partial charge in [-0.05, 0) is 51.3 Å². The predicted molar refractivity (Wildman–Crippen MR) is 94.6 cm³/mol. The number of hydrogen-bond acceptors (Lipinski definition) is 4. The quantitative estimate of drug-likeness (QED) is 0.648. The summed E-state index contributed by atoms with van der Waals surface area (Å²) in [6.45, 7) is 3.88. The van der Waals surface area contributed by atoms with Gasteiger partial charge in [0, 0.05) is 18.2 Å². The molecule has 0 radical (unpaired) electrons.